The van der Waals surface area contributed by atoms with E-state index >= 15 is 0 Å². The van der Waals surface area contributed by atoms with Gasteiger partial charge < -0.3 is 4.57 Å². The highest BCUT2D eigenvalue weighted by atomic mass is 32.1. The number of rotatable bonds is 2. The number of hydrogen-bond donors (Lipinski definition) is 1. The fourth-order valence-corrected chi connectivity index (χ4v) is 4.37. The largest absolute Gasteiger partial charge is 0.416 e. The summed E-state index contributed by atoms with van der Waals surface area (Å²) in [5, 5.41) is 8.12. The van der Waals surface area contributed by atoms with E-state index in [0.717, 1.165) is 22.4 Å². The van der Waals surface area contributed by atoms with Gasteiger partial charge >= 0.3 is 6.18 Å². The number of nitrogens with one attached hydrogen (secondary N) is 1. The van der Waals surface area contributed by atoms with E-state index in [0.29, 0.717) is 41.2 Å². The monoisotopic (exact) mass is 363 g/mol. The second-order valence-corrected chi connectivity index (χ2v) is 7.27. The summed E-state index contributed by atoms with van der Waals surface area (Å²) in [7, 11) is 0. The Morgan fingerprint density at radius 1 is 1.08 bits per heavy atom. The molecule has 0 amide bonds. The molecule has 1 N–H and O–H groups in total. The molecule has 3 nitrogen and oxygen atoms in total. The minimum Gasteiger partial charge on any atom is -0.315 e. The van der Waals surface area contributed by atoms with E-state index in [1.165, 1.54) is 12.1 Å². The standard InChI is InChI=1S/C18H16F3N3S/c19-18(20,21)14-8-13-11-23(10-12-4-2-1-3-5-12)6-7-24-16(13)15(9-14)25-17(24)22/h1-5,8-9,22H,6-7,10-11H2. The van der Waals surface area contributed by atoms with Gasteiger partial charge in [0, 0.05) is 26.2 Å². The number of benzene rings is 2. The molecular formula is C18H16F3N3S. The third kappa shape index (κ3) is 3.09. The van der Waals surface area contributed by atoms with E-state index in [2.05, 4.69) is 4.90 Å². The molecule has 0 atom stereocenters. The van der Waals surface area contributed by atoms with Crippen molar-refractivity contribution in [1.82, 2.24) is 9.47 Å². The minimum atomic E-state index is -4.38. The van der Waals surface area contributed by atoms with Gasteiger partial charge in [0.05, 0.1) is 15.8 Å². The number of alkyl halides is 3. The number of aromatic nitrogens is 1. The van der Waals surface area contributed by atoms with Crippen molar-refractivity contribution in [3.63, 3.8) is 0 Å². The molecule has 0 unspecified atom stereocenters. The van der Waals surface area contributed by atoms with Crippen LogP contribution in [0.4, 0.5) is 13.2 Å². The first-order valence-electron chi connectivity index (χ1n) is 7.96. The summed E-state index contributed by atoms with van der Waals surface area (Å²) < 4.78 is 42.1. The van der Waals surface area contributed by atoms with Gasteiger partial charge in [0.15, 0.2) is 4.80 Å². The van der Waals surface area contributed by atoms with Crippen LogP contribution in [-0.2, 0) is 25.8 Å². The Hall–Kier alpha value is -2.12. The highest BCUT2D eigenvalue weighted by Crippen LogP contribution is 2.35. The zero-order valence-electron chi connectivity index (χ0n) is 13.3. The third-order valence-corrected chi connectivity index (χ3v) is 5.43. The van der Waals surface area contributed by atoms with E-state index in [9.17, 15) is 13.2 Å². The van der Waals surface area contributed by atoms with E-state index in [4.69, 9.17) is 5.41 Å². The van der Waals surface area contributed by atoms with Crippen LogP contribution in [0.15, 0.2) is 42.5 Å². The van der Waals surface area contributed by atoms with Crippen molar-refractivity contribution >= 4 is 21.6 Å². The quantitative estimate of drug-likeness (QED) is 0.726. The molecule has 0 saturated carbocycles. The van der Waals surface area contributed by atoms with Gasteiger partial charge in [0.25, 0.3) is 0 Å². The number of nitrogens with zero attached hydrogens (tertiary/aromatic N) is 2. The average molecular weight is 363 g/mol. The Morgan fingerprint density at radius 3 is 2.56 bits per heavy atom. The molecule has 130 valence electrons. The van der Waals surface area contributed by atoms with Crippen molar-refractivity contribution in [3.8, 4) is 0 Å². The normalized spacial score (nSPS) is 15.5. The maximum absolute atomic E-state index is 13.2. The van der Waals surface area contributed by atoms with E-state index < -0.39 is 11.7 Å². The summed E-state index contributed by atoms with van der Waals surface area (Å²) in [6, 6.07) is 12.3. The molecule has 1 aliphatic rings. The molecular weight excluding hydrogens is 347 g/mol. The molecule has 0 radical (unpaired) electrons. The first kappa shape index (κ1) is 16.4. The first-order chi connectivity index (χ1) is 11.9. The fourth-order valence-electron chi connectivity index (χ4n) is 3.35. The molecule has 2 heterocycles. The maximum atomic E-state index is 13.2. The molecule has 0 bridgehead atoms. The minimum absolute atomic E-state index is 0.303. The second-order valence-electron chi connectivity index (χ2n) is 6.23. The summed E-state index contributed by atoms with van der Waals surface area (Å²) in [4.78, 5) is 2.44. The Morgan fingerprint density at radius 2 is 1.84 bits per heavy atom. The summed E-state index contributed by atoms with van der Waals surface area (Å²) in [5.74, 6) is 0. The van der Waals surface area contributed by atoms with E-state index in [1.54, 1.807) is 0 Å². The van der Waals surface area contributed by atoms with Gasteiger partial charge in [-0.15, -0.1) is 0 Å². The van der Waals surface area contributed by atoms with E-state index in [-0.39, 0.29) is 0 Å². The molecule has 1 aliphatic heterocycles. The average Bonchev–Trinajstić information content (AvgIpc) is 2.76. The number of thiazole rings is 1. The predicted octanol–water partition coefficient (Wildman–Crippen LogP) is 4.22. The topological polar surface area (TPSA) is 32.0 Å². The smallest absolute Gasteiger partial charge is 0.315 e. The lowest BCUT2D eigenvalue weighted by Gasteiger charge is -2.20. The molecule has 7 heteroatoms. The van der Waals surface area contributed by atoms with Crippen LogP contribution < -0.4 is 4.80 Å². The lowest BCUT2D eigenvalue weighted by atomic mass is 10.1. The van der Waals surface area contributed by atoms with Crippen LogP contribution in [0.1, 0.15) is 16.7 Å². The van der Waals surface area contributed by atoms with Gasteiger partial charge in [-0.3, -0.25) is 10.3 Å². The third-order valence-electron chi connectivity index (χ3n) is 4.49. The summed E-state index contributed by atoms with van der Waals surface area (Å²) >= 11 is 1.11. The van der Waals surface area contributed by atoms with Crippen LogP contribution in [0.25, 0.3) is 10.2 Å². The molecule has 25 heavy (non-hydrogen) atoms. The molecule has 0 fully saturated rings. The Kier molecular flexibility index (Phi) is 3.92. The Bertz CT molecular complexity index is 973. The fraction of sp³-hybridized carbons (Fsp3) is 0.278. The van der Waals surface area contributed by atoms with Gasteiger partial charge in [-0.1, -0.05) is 41.7 Å². The van der Waals surface area contributed by atoms with Crippen molar-refractivity contribution in [2.75, 3.05) is 6.54 Å². The maximum Gasteiger partial charge on any atom is 0.416 e. The summed E-state index contributed by atoms with van der Waals surface area (Å²) in [5.41, 5.74) is 1.92. The summed E-state index contributed by atoms with van der Waals surface area (Å²) in [6.45, 7) is 2.45. The molecule has 0 saturated heterocycles. The Balaban J connectivity index is 1.77. The molecule has 3 aromatic rings. The van der Waals surface area contributed by atoms with E-state index in [1.807, 2.05) is 34.9 Å². The van der Waals surface area contributed by atoms with Gasteiger partial charge in [-0.05, 0) is 23.3 Å². The lowest BCUT2D eigenvalue weighted by molar-refractivity contribution is -0.137. The zero-order valence-corrected chi connectivity index (χ0v) is 14.1. The number of hydrogen-bond acceptors (Lipinski definition) is 3. The molecule has 1 aromatic heterocycles. The van der Waals surface area contributed by atoms with Crippen molar-refractivity contribution in [1.29, 1.82) is 5.41 Å². The van der Waals surface area contributed by atoms with Crippen molar-refractivity contribution < 1.29 is 13.2 Å². The van der Waals surface area contributed by atoms with Gasteiger partial charge in [-0.2, -0.15) is 13.2 Å². The van der Waals surface area contributed by atoms with Crippen LogP contribution in [0, 0.1) is 5.41 Å². The molecule has 0 spiro atoms. The van der Waals surface area contributed by atoms with Crippen molar-refractivity contribution in [3.05, 3.63) is 64.0 Å². The van der Waals surface area contributed by atoms with Crippen LogP contribution in [0.2, 0.25) is 0 Å². The van der Waals surface area contributed by atoms with Gasteiger partial charge in [0.2, 0.25) is 0 Å². The van der Waals surface area contributed by atoms with Crippen molar-refractivity contribution in [2.45, 2.75) is 25.8 Å². The van der Waals surface area contributed by atoms with Crippen LogP contribution in [0.5, 0.6) is 0 Å². The molecule has 4 rings (SSSR count). The van der Waals surface area contributed by atoms with Gasteiger partial charge in [0.1, 0.15) is 0 Å². The second kappa shape index (κ2) is 6.00. The first-order valence-corrected chi connectivity index (χ1v) is 8.78. The van der Waals surface area contributed by atoms with Crippen LogP contribution >= 0.6 is 11.3 Å². The van der Waals surface area contributed by atoms with Crippen LogP contribution in [-0.4, -0.2) is 16.0 Å². The SMILES string of the molecule is N=c1sc2cc(C(F)(F)F)cc3c2n1CCN(Cc1ccccc1)C3. The Labute approximate surface area is 146 Å². The highest BCUT2D eigenvalue weighted by Gasteiger charge is 2.32. The van der Waals surface area contributed by atoms with Crippen LogP contribution in [0.3, 0.4) is 0 Å². The summed E-state index contributed by atoms with van der Waals surface area (Å²) in [6.07, 6.45) is -4.38. The zero-order chi connectivity index (χ0) is 17.6. The molecule has 0 aliphatic carbocycles. The predicted molar refractivity (Wildman–Crippen MR) is 91.2 cm³/mol. The van der Waals surface area contributed by atoms with Gasteiger partial charge in [-0.25, -0.2) is 0 Å². The lowest BCUT2D eigenvalue weighted by Crippen LogP contribution is -2.26. The highest BCUT2D eigenvalue weighted by molar-refractivity contribution is 7.16. The van der Waals surface area contributed by atoms with Crippen molar-refractivity contribution in [2.24, 2.45) is 0 Å². The molecule has 2 aromatic carbocycles. The number of halogens is 3.